The first kappa shape index (κ1) is 23.5. The van der Waals surface area contributed by atoms with Crippen LogP contribution in [-0.4, -0.2) is 46.4 Å². The molecule has 0 radical (unpaired) electrons. The number of carbonyl (C=O) groups is 2. The molecule has 9 heteroatoms. The van der Waals surface area contributed by atoms with E-state index in [1.165, 1.54) is 5.01 Å². The zero-order chi connectivity index (χ0) is 24.2. The van der Waals surface area contributed by atoms with E-state index >= 15 is 0 Å². The Labute approximate surface area is 201 Å². The largest absolute Gasteiger partial charge is 0.497 e. The summed E-state index contributed by atoms with van der Waals surface area (Å²) in [5, 5.41) is 16.0. The summed E-state index contributed by atoms with van der Waals surface area (Å²) in [4.78, 5) is 28.5. The molecule has 2 heterocycles. The van der Waals surface area contributed by atoms with Crippen LogP contribution in [0, 0.1) is 0 Å². The van der Waals surface area contributed by atoms with Crippen molar-refractivity contribution in [3.05, 3.63) is 64.8 Å². The number of hydrogen-bond acceptors (Lipinski definition) is 6. The van der Waals surface area contributed by atoms with Crippen molar-refractivity contribution in [2.45, 2.75) is 32.2 Å². The number of nitrogens with zero attached hydrogens (tertiary/aromatic N) is 3. The Kier molecular flexibility index (Phi) is 6.98. The average molecular weight is 482 g/mol. The number of methoxy groups -OCH3 is 1. The third kappa shape index (κ3) is 4.97. The molecule has 1 unspecified atom stereocenters. The molecule has 34 heavy (non-hydrogen) atoms. The molecule has 0 saturated heterocycles. The molecular formula is C25H24ClN3O5. The number of carboxylic acids is 1. The van der Waals surface area contributed by atoms with Gasteiger partial charge >= 0.3 is 5.97 Å². The Morgan fingerprint density at radius 2 is 1.85 bits per heavy atom. The first-order chi connectivity index (χ1) is 16.4. The van der Waals surface area contributed by atoms with Crippen molar-refractivity contribution in [1.82, 2.24) is 9.99 Å². The second-order valence-electron chi connectivity index (χ2n) is 7.78. The van der Waals surface area contributed by atoms with Crippen LogP contribution in [0.3, 0.4) is 0 Å². The number of hydrazone groups is 1. The molecule has 1 N–H and O–H groups in total. The monoisotopic (exact) mass is 481 g/mol. The Balaban J connectivity index is 1.72. The number of aromatic nitrogens is 1. The lowest BCUT2D eigenvalue weighted by Crippen LogP contribution is -2.27. The molecule has 4 rings (SSSR count). The lowest BCUT2D eigenvalue weighted by atomic mass is 9.98. The summed E-state index contributed by atoms with van der Waals surface area (Å²) in [5.41, 5.74) is 2.87. The fourth-order valence-electron chi connectivity index (χ4n) is 3.91. The zero-order valence-corrected chi connectivity index (χ0v) is 19.6. The summed E-state index contributed by atoms with van der Waals surface area (Å²) in [6, 6.07) is 14.3. The van der Waals surface area contributed by atoms with Gasteiger partial charge in [0.25, 0.3) is 0 Å². The van der Waals surface area contributed by atoms with Gasteiger partial charge in [-0.1, -0.05) is 11.6 Å². The number of carbonyl (C=O) groups excluding carboxylic acids is 1. The summed E-state index contributed by atoms with van der Waals surface area (Å²) in [7, 11) is 1.59. The minimum absolute atomic E-state index is 0.168. The van der Waals surface area contributed by atoms with Crippen LogP contribution in [0.2, 0.25) is 5.15 Å². The fourth-order valence-corrected chi connectivity index (χ4v) is 4.18. The van der Waals surface area contributed by atoms with Crippen molar-refractivity contribution in [3.63, 3.8) is 0 Å². The van der Waals surface area contributed by atoms with E-state index in [1.807, 2.05) is 55.5 Å². The number of halogens is 1. The van der Waals surface area contributed by atoms with Crippen molar-refractivity contribution in [1.29, 1.82) is 0 Å². The van der Waals surface area contributed by atoms with Crippen molar-refractivity contribution in [2.75, 3.05) is 13.7 Å². The van der Waals surface area contributed by atoms with E-state index in [1.54, 1.807) is 7.11 Å². The Hall–Kier alpha value is -3.65. The molecule has 1 aliphatic rings. The maximum Gasteiger partial charge on any atom is 0.303 e. The van der Waals surface area contributed by atoms with E-state index in [-0.39, 0.29) is 18.0 Å². The molecular weight excluding hydrogens is 458 g/mol. The van der Waals surface area contributed by atoms with Crippen molar-refractivity contribution >= 4 is 40.1 Å². The van der Waals surface area contributed by atoms with Crippen LogP contribution >= 0.6 is 11.6 Å². The Bertz CT molecular complexity index is 1260. The molecule has 1 aliphatic heterocycles. The summed E-state index contributed by atoms with van der Waals surface area (Å²) >= 11 is 6.57. The van der Waals surface area contributed by atoms with Gasteiger partial charge in [-0.15, -0.1) is 0 Å². The number of fused-ring (bicyclic) bond motifs is 1. The number of amides is 1. The van der Waals surface area contributed by atoms with E-state index < -0.39 is 17.9 Å². The number of rotatable bonds is 8. The van der Waals surface area contributed by atoms with Crippen LogP contribution in [0.4, 0.5) is 0 Å². The van der Waals surface area contributed by atoms with Crippen molar-refractivity contribution in [2.24, 2.45) is 5.10 Å². The summed E-state index contributed by atoms with van der Waals surface area (Å²) < 4.78 is 10.8. The van der Waals surface area contributed by atoms with Crippen LogP contribution in [0.25, 0.3) is 10.9 Å². The Morgan fingerprint density at radius 3 is 2.53 bits per heavy atom. The topological polar surface area (TPSA) is 101 Å². The van der Waals surface area contributed by atoms with E-state index in [4.69, 9.17) is 26.2 Å². The van der Waals surface area contributed by atoms with Gasteiger partial charge in [-0.05, 0) is 61.0 Å². The molecule has 0 aliphatic carbocycles. The van der Waals surface area contributed by atoms with Crippen LogP contribution < -0.4 is 9.47 Å². The zero-order valence-electron chi connectivity index (χ0n) is 18.8. The van der Waals surface area contributed by atoms with Gasteiger partial charge in [-0.2, -0.15) is 5.10 Å². The molecule has 8 nitrogen and oxygen atoms in total. The van der Waals surface area contributed by atoms with E-state index in [0.29, 0.717) is 41.3 Å². The van der Waals surface area contributed by atoms with Gasteiger partial charge in [0.2, 0.25) is 5.91 Å². The number of aliphatic carboxylic acids is 1. The maximum atomic E-state index is 13.0. The normalized spacial score (nSPS) is 15.3. The second kappa shape index (κ2) is 10.1. The van der Waals surface area contributed by atoms with Crippen LogP contribution in [0.15, 0.2) is 53.6 Å². The molecule has 3 aromatic rings. The highest BCUT2D eigenvalue weighted by Crippen LogP contribution is 2.38. The SMILES string of the molecule is CCOc1ccc2nc(Cl)c(C3CC(c4ccc(OC)cc4)=NN3C(=O)CCC(=O)O)cc2c1. The highest BCUT2D eigenvalue weighted by molar-refractivity contribution is 6.30. The number of carboxylic acid groups (broad SMARTS) is 1. The molecule has 1 amide bonds. The maximum absolute atomic E-state index is 13.0. The lowest BCUT2D eigenvalue weighted by molar-refractivity contribution is -0.141. The van der Waals surface area contributed by atoms with Crippen LogP contribution in [-0.2, 0) is 9.59 Å². The first-order valence-electron chi connectivity index (χ1n) is 10.9. The van der Waals surface area contributed by atoms with Gasteiger partial charge < -0.3 is 14.6 Å². The van der Waals surface area contributed by atoms with Gasteiger partial charge in [-0.3, -0.25) is 9.59 Å². The lowest BCUT2D eigenvalue weighted by Gasteiger charge is -2.23. The molecule has 2 aromatic carbocycles. The van der Waals surface area contributed by atoms with Crippen LogP contribution in [0.1, 0.15) is 43.4 Å². The van der Waals surface area contributed by atoms with E-state index in [0.717, 1.165) is 10.9 Å². The number of ether oxygens (including phenoxy) is 2. The smallest absolute Gasteiger partial charge is 0.303 e. The highest BCUT2D eigenvalue weighted by Gasteiger charge is 2.35. The van der Waals surface area contributed by atoms with Gasteiger partial charge in [-0.25, -0.2) is 9.99 Å². The van der Waals surface area contributed by atoms with Crippen molar-refractivity contribution in [3.8, 4) is 11.5 Å². The molecule has 0 spiro atoms. The molecule has 0 bridgehead atoms. The third-order valence-corrected chi connectivity index (χ3v) is 5.88. The quantitative estimate of drug-likeness (QED) is 0.462. The molecule has 0 fully saturated rings. The minimum Gasteiger partial charge on any atom is -0.497 e. The fraction of sp³-hybridized carbons (Fsp3) is 0.280. The third-order valence-electron chi connectivity index (χ3n) is 5.58. The van der Waals surface area contributed by atoms with Crippen molar-refractivity contribution < 1.29 is 24.2 Å². The van der Waals surface area contributed by atoms with Crippen LogP contribution in [0.5, 0.6) is 11.5 Å². The summed E-state index contributed by atoms with van der Waals surface area (Å²) in [6.07, 6.45) is -0.0433. The molecule has 176 valence electrons. The van der Waals surface area contributed by atoms with Gasteiger partial charge in [0.15, 0.2) is 0 Å². The standard InChI is InChI=1S/C25H24ClN3O5/c1-3-34-18-8-9-20-16(12-18)13-19(25(26)27-20)22-14-21(15-4-6-17(33-2)7-5-15)28-29(22)23(30)10-11-24(31)32/h4-9,12-13,22H,3,10-11,14H2,1-2H3,(H,31,32). The van der Waals surface area contributed by atoms with Gasteiger partial charge in [0.05, 0.1) is 37.4 Å². The minimum atomic E-state index is -1.04. The van der Waals surface area contributed by atoms with E-state index in [2.05, 4.69) is 10.1 Å². The molecule has 0 saturated carbocycles. The second-order valence-corrected chi connectivity index (χ2v) is 8.14. The highest BCUT2D eigenvalue weighted by atomic mass is 35.5. The average Bonchev–Trinajstić information content (AvgIpc) is 3.28. The summed E-state index contributed by atoms with van der Waals surface area (Å²) in [5.74, 6) is -0.0197. The Morgan fingerprint density at radius 1 is 1.12 bits per heavy atom. The molecule has 1 aromatic heterocycles. The summed E-state index contributed by atoms with van der Waals surface area (Å²) in [6.45, 7) is 2.44. The molecule has 1 atom stereocenters. The van der Waals surface area contributed by atoms with E-state index in [9.17, 15) is 9.59 Å². The predicted molar refractivity (Wildman–Crippen MR) is 129 cm³/mol. The first-order valence-corrected chi connectivity index (χ1v) is 11.3. The number of pyridine rings is 1. The number of hydrogen-bond donors (Lipinski definition) is 1. The van der Waals surface area contributed by atoms with Gasteiger partial charge in [0.1, 0.15) is 16.7 Å². The number of benzene rings is 2. The van der Waals surface area contributed by atoms with Gasteiger partial charge in [0, 0.05) is 23.8 Å². The predicted octanol–water partition coefficient (Wildman–Crippen LogP) is 4.84.